The van der Waals surface area contributed by atoms with Gasteiger partial charge < -0.3 is 14.6 Å². The maximum atomic E-state index is 5.47. The molecule has 1 aliphatic heterocycles. The number of methoxy groups -OCH3 is 1. The number of ether oxygens (including phenoxy) is 1. The molecule has 0 aliphatic carbocycles. The molecule has 3 heterocycles. The lowest BCUT2D eigenvalue weighted by Gasteiger charge is -2.32. The van der Waals surface area contributed by atoms with E-state index in [1.54, 1.807) is 7.11 Å². The molecule has 6 rings (SSSR count). The molecule has 5 heteroatoms. The highest BCUT2D eigenvalue weighted by atomic mass is 16.5. The van der Waals surface area contributed by atoms with Crippen LogP contribution in [0, 0.1) is 6.92 Å². The standard InChI is InChI=1S/C27H24N4O/c1-17-5-8-23-24(14-17)30-27(26(29-23)20-6-9-22-18(15-20)11-12-28-22)31-13-3-4-19-16-21(32-2)7-10-25(19)31/h5-12,14-16,28H,3-4,13H2,1-2H3. The molecule has 0 amide bonds. The maximum absolute atomic E-state index is 5.47. The number of hydrogen-bond acceptors (Lipinski definition) is 4. The lowest BCUT2D eigenvalue weighted by molar-refractivity contribution is 0.414. The second-order valence-electron chi connectivity index (χ2n) is 8.42. The molecule has 1 N–H and O–H groups in total. The molecule has 0 bridgehead atoms. The minimum absolute atomic E-state index is 0.893. The summed E-state index contributed by atoms with van der Waals surface area (Å²) in [5.74, 6) is 1.80. The van der Waals surface area contributed by atoms with Gasteiger partial charge >= 0.3 is 0 Å². The highest BCUT2D eigenvalue weighted by molar-refractivity contribution is 5.90. The molecule has 0 unspecified atom stereocenters. The van der Waals surface area contributed by atoms with Crippen LogP contribution < -0.4 is 9.64 Å². The van der Waals surface area contributed by atoms with Crippen LogP contribution in [0.25, 0.3) is 33.2 Å². The highest BCUT2D eigenvalue weighted by Gasteiger charge is 2.24. The zero-order chi connectivity index (χ0) is 21.7. The van der Waals surface area contributed by atoms with Gasteiger partial charge in [0, 0.05) is 34.9 Å². The first-order valence-corrected chi connectivity index (χ1v) is 11.0. The molecule has 0 saturated heterocycles. The molecule has 158 valence electrons. The number of benzene rings is 3. The van der Waals surface area contributed by atoms with Crippen molar-refractivity contribution in [1.29, 1.82) is 0 Å². The minimum Gasteiger partial charge on any atom is -0.497 e. The SMILES string of the molecule is COc1ccc2c(c1)CCCN2c1nc2cc(C)ccc2nc1-c1ccc2[nH]ccc2c1. The number of aryl methyl sites for hydroxylation is 2. The number of H-pyrrole nitrogens is 1. The number of aromatic nitrogens is 3. The Morgan fingerprint density at radius 3 is 2.78 bits per heavy atom. The molecule has 5 aromatic rings. The summed E-state index contributed by atoms with van der Waals surface area (Å²) >= 11 is 0. The lowest BCUT2D eigenvalue weighted by atomic mass is 10.00. The van der Waals surface area contributed by atoms with E-state index in [9.17, 15) is 0 Å². The van der Waals surface area contributed by atoms with E-state index in [0.29, 0.717) is 0 Å². The molecule has 32 heavy (non-hydrogen) atoms. The van der Waals surface area contributed by atoms with Crippen LogP contribution in [0.15, 0.2) is 66.9 Å². The van der Waals surface area contributed by atoms with Crippen LogP contribution in [-0.2, 0) is 6.42 Å². The first-order chi connectivity index (χ1) is 15.7. The summed E-state index contributed by atoms with van der Waals surface area (Å²) in [6.45, 7) is 3.00. The van der Waals surface area contributed by atoms with Crippen LogP contribution in [-0.4, -0.2) is 28.6 Å². The molecule has 0 atom stereocenters. The van der Waals surface area contributed by atoms with Gasteiger partial charge in [-0.25, -0.2) is 9.97 Å². The summed E-state index contributed by atoms with van der Waals surface area (Å²) < 4.78 is 5.47. The van der Waals surface area contributed by atoms with E-state index < -0.39 is 0 Å². The summed E-state index contributed by atoms with van der Waals surface area (Å²) in [4.78, 5) is 15.9. The van der Waals surface area contributed by atoms with Crippen LogP contribution in [0.5, 0.6) is 5.75 Å². The van der Waals surface area contributed by atoms with Gasteiger partial charge in [-0.2, -0.15) is 0 Å². The zero-order valence-corrected chi connectivity index (χ0v) is 18.2. The van der Waals surface area contributed by atoms with E-state index in [1.807, 2.05) is 12.3 Å². The summed E-state index contributed by atoms with van der Waals surface area (Å²) in [6, 6.07) is 21.1. The fourth-order valence-corrected chi connectivity index (χ4v) is 4.66. The number of aromatic amines is 1. The molecule has 3 aromatic carbocycles. The first-order valence-electron chi connectivity index (χ1n) is 11.0. The predicted molar refractivity (Wildman–Crippen MR) is 130 cm³/mol. The van der Waals surface area contributed by atoms with Gasteiger partial charge in [0.25, 0.3) is 0 Å². The molecular formula is C27H24N4O. The summed E-state index contributed by atoms with van der Waals surface area (Å²) in [5, 5.41) is 1.17. The van der Waals surface area contributed by atoms with Crippen LogP contribution in [0.1, 0.15) is 17.5 Å². The largest absolute Gasteiger partial charge is 0.497 e. The van der Waals surface area contributed by atoms with E-state index in [2.05, 4.69) is 71.4 Å². The second-order valence-corrected chi connectivity index (χ2v) is 8.42. The monoisotopic (exact) mass is 420 g/mol. The quantitative estimate of drug-likeness (QED) is 0.379. The normalized spacial score (nSPS) is 13.5. The van der Waals surface area contributed by atoms with Crippen molar-refractivity contribution in [2.45, 2.75) is 19.8 Å². The Labute approximate surface area is 186 Å². The number of nitrogens with zero attached hydrogens (tertiary/aromatic N) is 3. The van der Waals surface area contributed by atoms with E-state index >= 15 is 0 Å². The second kappa shape index (κ2) is 7.38. The fraction of sp³-hybridized carbons (Fsp3) is 0.185. The van der Waals surface area contributed by atoms with Crippen LogP contribution >= 0.6 is 0 Å². The summed E-state index contributed by atoms with van der Waals surface area (Å²) in [5.41, 5.74) is 8.59. The van der Waals surface area contributed by atoms with E-state index in [-0.39, 0.29) is 0 Å². The third kappa shape index (κ3) is 3.09. The number of hydrogen-bond donors (Lipinski definition) is 1. The Balaban J connectivity index is 1.59. The van der Waals surface area contributed by atoms with Crippen molar-refractivity contribution >= 4 is 33.4 Å². The highest BCUT2D eigenvalue weighted by Crippen LogP contribution is 2.39. The molecule has 0 spiro atoms. The Morgan fingerprint density at radius 1 is 0.938 bits per heavy atom. The smallest absolute Gasteiger partial charge is 0.160 e. The number of anilines is 2. The first kappa shape index (κ1) is 18.9. The molecule has 1 aliphatic rings. The Bertz CT molecular complexity index is 1470. The topological polar surface area (TPSA) is 54.0 Å². The average Bonchev–Trinajstić information content (AvgIpc) is 3.30. The van der Waals surface area contributed by atoms with Crippen molar-refractivity contribution in [3.05, 3.63) is 78.0 Å². The van der Waals surface area contributed by atoms with Gasteiger partial charge in [0.2, 0.25) is 0 Å². The predicted octanol–water partition coefficient (Wildman–Crippen LogP) is 6.18. The third-order valence-electron chi connectivity index (χ3n) is 6.29. The van der Waals surface area contributed by atoms with Crippen molar-refractivity contribution in [1.82, 2.24) is 15.0 Å². The Morgan fingerprint density at radius 2 is 1.88 bits per heavy atom. The van der Waals surface area contributed by atoms with Gasteiger partial charge in [-0.05, 0) is 79.4 Å². The van der Waals surface area contributed by atoms with Crippen LogP contribution in [0.2, 0.25) is 0 Å². The molecule has 5 nitrogen and oxygen atoms in total. The lowest BCUT2D eigenvalue weighted by Crippen LogP contribution is -2.26. The Kier molecular flexibility index (Phi) is 4.35. The molecule has 0 radical (unpaired) electrons. The van der Waals surface area contributed by atoms with Crippen molar-refractivity contribution in [3.63, 3.8) is 0 Å². The average molecular weight is 421 g/mol. The van der Waals surface area contributed by atoms with E-state index in [0.717, 1.165) is 58.8 Å². The molecule has 0 saturated carbocycles. The number of nitrogens with one attached hydrogen (secondary N) is 1. The molecule has 0 fully saturated rings. The van der Waals surface area contributed by atoms with Gasteiger partial charge in [-0.15, -0.1) is 0 Å². The van der Waals surface area contributed by atoms with Crippen LogP contribution in [0.4, 0.5) is 11.5 Å². The summed E-state index contributed by atoms with van der Waals surface area (Å²) in [6.07, 6.45) is 4.07. The number of fused-ring (bicyclic) bond motifs is 3. The van der Waals surface area contributed by atoms with Gasteiger partial charge in [0.05, 0.1) is 18.1 Å². The van der Waals surface area contributed by atoms with E-state index in [4.69, 9.17) is 14.7 Å². The number of rotatable bonds is 3. The van der Waals surface area contributed by atoms with Crippen molar-refractivity contribution in [2.75, 3.05) is 18.6 Å². The molecule has 2 aromatic heterocycles. The Hall–Kier alpha value is -3.86. The third-order valence-corrected chi connectivity index (χ3v) is 6.29. The zero-order valence-electron chi connectivity index (χ0n) is 18.2. The van der Waals surface area contributed by atoms with Crippen molar-refractivity contribution in [3.8, 4) is 17.0 Å². The van der Waals surface area contributed by atoms with Gasteiger partial charge in [0.15, 0.2) is 5.82 Å². The summed E-state index contributed by atoms with van der Waals surface area (Å²) in [7, 11) is 1.72. The van der Waals surface area contributed by atoms with Gasteiger partial charge in [0.1, 0.15) is 11.4 Å². The maximum Gasteiger partial charge on any atom is 0.160 e. The minimum atomic E-state index is 0.893. The van der Waals surface area contributed by atoms with E-state index in [1.165, 1.54) is 22.2 Å². The fourth-order valence-electron chi connectivity index (χ4n) is 4.66. The van der Waals surface area contributed by atoms with Gasteiger partial charge in [-0.1, -0.05) is 12.1 Å². The van der Waals surface area contributed by atoms with Crippen LogP contribution in [0.3, 0.4) is 0 Å². The van der Waals surface area contributed by atoms with Gasteiger partial charge in [-0.3, -0.25) is 0 Å². The van der Waals surface area contributed by atoms with Crippen molar-refractivity contribution < 1.29 is 4.74 Å². The van der Waals surface area contributed by atoms with Crippen molar-refractivity contribution in [2.24, 2.45) is 0 Å². The molecular weight excluding hydrogens is 396 g/mol.